The summed E-state index contributed by atoms with van der Waals surface area (Å²) in [5.41, 5.74) is -1.19. The summed E-state index contributed by atoms with van der Waals surface area (Å²) in [4.78, 5) is 11.9. The third-order valence-corrected chi connectivity index (χ3v) is 2.59. The Balaban J connectivity index is 4.46. The Labute approximate surface area is 86.9 Å². The van der Waals surface area contributed by atoms with Gasteiger partial charge in [-0.3, -0.25) is 4.79 Å². The van der Waals surface area contributed by atoms with Crippen molar-refractivity contribution in [2.24, 2.45) is 5.92 Å². The molecule has 0 aliphatic rings. The first-order valence-corrected chi connectivity index (χ1v) is 5.29. The van der Waals surface area contributed by atoms with Crippen LogP contribution in [-0.4, -0.2) is 29.6 Å². The third-order valence-electron chi connectivity index (χ3n) is 2.59. The van der Waals surface area contributed by atoms with Gasteiger partial charge in [-0.15, -0.1) is 0 Å². The Morgan fingerprint density at radius 3 is 2.29 bits per heavy atom. The van der Waals surface area contributed by atoms with E-state index in [1.165, 1.54) is 0 Å². The predicted molar refractivity (Wildman–Crippen MR) is 58.2 cm³/mol. The number of ketones is 1. The molecule has 84 valence electrons. The van der Waals surface area contributed by atoms with Gasteiger partial charge in [0, 0.05) is 0 Å². The third kappa shape index (κ3) is 3.76. The Kier molecular flexibility index (Phi) is 5.31. The van der Waals surface area contributed by atoms with Gasteiger partial charge in [0.2, 0.25) is 0 Å². The zero-order chi connectivity index (χ0) is 11.4. The maximum atomic E-state index is 11.9. The van der Waals surface area contributed by atoms with Crippen molar-refractivity contribution in [3.05, 3.63) is 0 Å². The quantitative estimate of drug-likeness (QED) is 0.682. The molecule has 0 radical (unpaired) electrons. The largest absolute Gasteiger partial charge is 0.382 e. The number of Topliss-reactive ketones (excluding diaryl/α,β-unsaturated/α-hetero) is 1. The summed E-state index contributed by atoms with van der Waals surface area (Å²) in [6.07, 6.45) is 1.23. The van der Waals surface area contributed by atoms with E-state index in [9.17, 15) is 9.90 Å². The fraction of sp³-hybridized carbons (Fsp3) is 0.909. The lowest BCUT2D eigenvalue weighted by Crippen LogP contribution is -2.48. The van der Waals surface area contributed by atoms with E-state index in [2.05, 4.69) is 19.2 Å². The average molecular weight is 201 g/mol. The minimum atomic E-state index is -1.19. The van der Waals surface area contributed by atoms with Crippen LogP contribution in [-0.2, 0) is 4.79 Å². The fourth-order valence-corrected chi connectivity index (χ4v) is 1.38. The van der Waals surface area contributed by atoms with E-state index >= 15 is 0 Å². The molecular weight excluding hydrogens is 178 g/mol. The van der Waals surface area contributed by atoms with Crippen molar-refractivity contribution in [1.29, 1.82) is 0 Å². The molecular formula is C11H23NO2. The normalized spacial score (nSPS) is 17.9. The molecule has 0 heterocycles. The molecule has 0 fully saturated rings. The molecule has 0 aromatic heterocycles. The molecule has 2 atom stereocenters. The number of nitrogens with one attached hydrogen (secondary N) is 1. The van der Waals surface area contributed by atoms with Crippen LogP contribution >= 0.6 is 0 Å². The lowest BCUT2D eigenvalue weighted by atomic mass is 9.88. The molecule has 3 heteroatoms. The van der Waals surface area contributed by atoms with E-state index in [0.717, 1.165) is 6.42 Å². The molecule has 2 unspecified atom stereocenters. The summed E-state index contributed by atoms with van der Waals surface area (Å²) in [5, 5.41) is 12.8. The van der Waals surface area contributed by atoms with Crippen molar-refractivity contribution in [3.8, 4) is 0 Å². The summed E-state index contributed by atoms with van der Waals surface area (Å²) in [7, 11) is 1.76. The lowest BCUT2D eigenvalue weighted by molar-refractivity contribution is -0.138. The van der Waals surface area contributed by atoms with E-state index in [4.69, 9.17) is 0 Å². The standard InChI is InChI=1S/C11H23NO2/c1-6-11(4,14)10(13)9(12-5)7-8(2)3/h8-9,12,14H,6-7H2,1-5H3. The van der Waals surface area contributed by atoms with Crippen molar-refractivity contribution in [1.82, 2.24) is 5.32 Å². The van der Waals surface area contributed by atoms with Gasteiger partial charge in [-0.05, 0) is 32.7 Å². The first-order chi connectivity index (χ1) is 6.35. The molecule has 14 heavy (non-hydrogen) atoms. The maximum Gasteiger partial charge on any atom is 0.180 e. The predicted octanol–water partition coefficient (Wildman–Crippen LogP) is 1.35. The summed E-state index contributed by atoms with van der Waals surface area (Å²) in [5.74, 6) is 0.347. The van der Waals surface area contributed by atoms with Gasteiger partial charge in [0.05, 0.1) is 6.04 Å². The SMILES string of the molecule is CCC(C)(O)C(=O)C(CC(C)C)NC. The molecule has 0 aliphatic carbocycles. The van der Waals surface area contributed by atoms with Crippen LogP contribution in [0.5, 0.6) is 0 Å². The van der Waals surface area contributed by atoms with Gasteiger partial charge in [0.15, 0.2) is 5.78 Å². The van der Waals surface area contributed by atoms with Crippen molar-refractivity contribution >= 4 is 5.78 Å². The Bertz CT molecular complexity index is 188. The number of rotatable bonds is 6. The molecule has 0 aliphatic heterocycles. The van der Waals surface area contributed by atoms with Crippen molar-refractivity contribution < 1.29 is 9.90 Å². The van der Waals surface area contributed by atoms with E-state index in [1.54, 1.807) is 14.0 Å². The minimum absolute atomic E-state index is 0.101. The zero-order valence-electron chi connectivity index (χ0n) is 9.92. The summed E-state index contributed by atoms with van der Waals surface area (Å²) in [6, 6.07) is -0.232. The number of likely N-dealkylation sites (N-methyl/N-ethyl adjacent to an activating group) is 1. The van der Waals surface area contributed by atoms with Crippen LogP contribution in [0.3, 0.4) is 0 Å². The molecule has 0 spiro atoms. The van der Waals surface area contributed by atoms with Crippen LogP contribution in [0.1, 0.15) is 40.5 Å². The molecule has 0 bridgehead atoms. The average Bonchev–Trinajstić information content (AvgIpc) is 2.12. The molecule has 3 nitrogen and oxygen atoms in total. The molecule has 0 rings (SSSR count). The highest BCUT2D eigenvalue weighted by Gasteiger charge is 2.33. The summed E-state index contributed by atoms with van der Waals surface area (Å²) in [6.45, 7) is 7.54. The van der Waals surface area contributed by atoms with E-state index in [-0.39, 0.29) is 11.8 Å². The Hall–Kier alpha value is -0.410. The van der Waals surface area contributed by atoms with Crippen molar-refractivity contribution in [3.63, 3.8) is 0 Å². The maximum absolute atomic E-state index is 11.9. The molecule has 0 aromatic rings. The molecule has 0 amide bonds. The second kappa shape index (κ2) is 5.47. The van der Waals surface area contributed by atoms with E-state index in [1.807, 2.05) is 6.92 Å². The number of aliphatic hydroxyl groups is 1. The van der Waals surface area contributed by atoms with Crippen LogP contribution in [0.25, 0.3) is 0 Å². The lowest BCUT2D eigenvalue weighted by Gasteiger charge is -2.26. The van der Waals surface area contributed by atoms with Gasteiger partial charge >= 0.3 is 0 Å². The van der Waals surface area contributed by atoms with Gasteiger partial charge in [0.1, 0.15) is 5.60 Å². The minimum Gasteiger partial charge on any atom is -0.382 e. The second-order valence-electron chi connectivity index (χ2n) is 4.46. The van der Waals surface area contributed by atoms with Crippen LogP contribution in [0, 0.1) is 5.92 Å². The van der Waals surface area contributed by atoms with Gasteiger partial charge in [0.25, 0.3) is 0 Å². The van der Waals surface area contributed by atoms with Gasteiger partial charge in [-0.2, -0.15) is 0 Å². The Morgan fingerprint density at radius 1 is 1.50 bits per heavy atom. The van der Waals surface area contributed by atoms with Crippen molar-refractivity contribution in [2.75, 3.05) is 7.05 Å². The highest BCUT2D eigenvalue weighted by atomic mass is 16.3. The number of carbonyl (C=O) groups excluding carboxylic acids is 1. The van der Waals surface area contributed by atoms with Crippen LogP contribution < -0.4 is 5.32 Å². The summed E-state index contributed by atoms with van der Waals surface area (Å²) >= 11 is 0. The van der Waals surface area contributed by atoms with Crippen LogP contribution in [0.4, 0.5) is 0 Å². The summed E-state index contributed by atoms with van der Waals surface area (Å²) < 4.78 is 0. The van der Waals surface area contributed by atoms with Crippen LogP contribution in [0.15, 0.2) is 0 Å². The molecule has 2 N–H and O–H groups in total. The fourth-order valence-electron chi connectivity index (χ4n) is 1.38. The topological polar surface area (TPSA) is 49.3 Å². The zero-order valence-corrected chi connectivity index (χ0v) is 9.92. The monoisotopic (exact) mass is 201 g/mol. The van der Waals surface area contributed by atoms with Gasteiger partial charge < -0.3 is 10.4 Å². The van der Waals surface area contributed by atoms with E-state index in [0.29, 0.717) is 12.3 Å². The highest BCUT2D eigenvalue weighted by molar-refractivity contribution is 5.91. The molecule has 0 saturated heterocycles. The first kappa shape index (κ1) is 13.6. The Morgan fingerprint density at radius 2 is 2.00 bits per heavy atom. The van der Waals surface area contributed by atoms with Gasteiger partial charge in [-0.1, -0.05) is 20.8 Å². The van der Waals surface area contributed by atoms with E-state index < -0.39 is 5.60 Å². The van der Waals surface area contributed by atoms with Crippen LogP contribution in [0.2, 0.25) is 0 Å². The van der Waals surface area contributed by atoms with Crippen molar-refractivity contribution in [2.45, 2.75) is 52.2 Å². The second-order valence-corrected chi connectivity index (χ2v) is 4.46. The number of carbonyl (C=O) groups is 1. The highest BCUT2D eigenvalue weighted by Crippen LogP contribution is 2.16. The molecule has 0 aromatic carbocycles. The number of hydrogen-bond donors (Lipinski definition) is 2. The number of hydrogen-bond acceptors (Lipinski definition) is 3. The molecule has 0 saturated carbocycles. The van der Waals surface area contributed by atoms with Gasteiger partial charge in [-0.25, -0.2) is 0 Å². The first-order valence-electron chi connectivity index (χ1n) is 5.29. The smallest absolute Gasteiger partial charge is 0.180 e.